The Kier molecular flexibility index (Phi) is 3.89. The van der Waals surface area contributed by atoms with Gasteiger partial charge in [0.05, 0.1) is 17.0 Å². The van der Waals surface area contributed by atoms with Crippen LogP contribution in [-0.2, 0) is 0 Å². The highest BCUT2D eigenvalue weighted by molar-refractivity contribution is 7.10. The van der Waals surface area contributed by atoms with Crippen LogP contribution in [0.5, 0.6) is 5.75 Å². The van der Waals surface area contributed by atoms with Crippen molar-refractivity contribution in [2.24, 2.45) is 0 Å². The van der Waals surface area contributed by atoms with Gasteiger partial charge in [-0.3, -0.25) is 0 Å². The summed E-state index contributed by atoms with van der Waals surface area (Å²) < 4.78 is 5.22. The fraction of sp³-hybridized carbons (Fsp3) is 0.176. The lowest BCUT2D eigenvalue weighted by atomic mass is 10.0. The number of ether oxygens (including phenoxy) is 1. The number of halogens is 1. The molecule has 2 aromatic carbocycles. The maximum Gasteiger partial charge on any atom is 0.119 e. The Hall–Kier alpha value is -1.55. The molecule has 0 radical (unpaired) electrons. The van der Waals surface area contributed by atoms with Gasteiger partial charge in [-0.1, -0.05) is 29.8 Å². The normalized spacial score (nSPS) is 12.6. The molecule has 1 N–H and O–H groups in total. The maximum atomic E-state index is 10.5. The molecule has 108 valence electrons. The van der Waals surface area contributed by atoms with Gasteiger partial charge >= 0.3 is 0 Å². The van der Waals surface area contributed by atoms with Crippen molar-refractivity contribution in [1.29, 1.82) is 0 Å². The lowest BCUT2D eigenvalue weighted by molar-refractivity contribution is 0.224. The van der Waals surface area contributed by atoms with Crippen molar-refractivity contribution in [1.82, 2.24) is 0 Å². The molecule has 0 aliphatic heterocycles. The highest BCUT2D eigenvalue weighted by Gasteiger charge is 2.17. The van der Waals surface area contributed by atoms with E-state index in [1.807, 2.05) is 48.7 Å². The molecule has 0 spiro atoms. The molecule has 21 heavy (non-hydrogen) atoms. The summed E-state index contributed by atoms with van der Waals surface area (Å²) in [5, 5.41) is 15.3. The number of aryl methyl sites for hydroxylation is 1. The second kappa shape index (κ2) is 5.68. The van der Waals surface area contributed by atoms with Gasteiger partial charge in [-0.25, -0.2) is 0 Å². The Bertz CT molecular complexity index is 795. The van der Waals surface area contributed by atoms with Crippen LogP contribution in [0.2, 0.25) is 5.02 Å². The molecule has 3 aromatic rings. The molecule has 0 saturated carbocycles. The van der Waals surface area contributed by atoms with Crippen LogP contribution < -0.4 is 4.74 Å². The smallest absolute Gasteiger partial charge is 0.119 e. The number of rotatable bonds is 3. The van der Waals surface area contributed by atoms with Crippen molar-refractivity contribution in [2.75, 3.05) is 7.11 Å². The van der Waals surface area contributed by atoms with Gasteiger partial charge < -0.3 is 9.84 Å². The zero-order valence-corrected chi connectivity index (χ0v) is 13.3. The van der Waals surface area contributed by atoms with Crippen LogP contribution in [0.4, 0.5) is 0 Å². The molecule has 0 saturated heterocycles. The molecule has 1 unspecified atom stereocenters. The van der Waals surface area contributed by atoms with Crippen molar-refractivity contribution < 1.29 is 9.84 Å². The molecule has 0 bridgehead atoms. The third-order valence-corrected chi connectivity index (χ3v) is 5.33. The third kappa shape index (κ3) is 2.64. The lowest BCUT2D eigenvalue weighted by Gasteiger charge is -2.11. The fourth-order valence-corrected chi connectivity index (χ4v) is 3.63. The number of hydrogen-bond donors (Lipinski definition) is 1. The second-order valence-electron chi connectivity index (χ2n) is 4.97. The monoisotopic (exact) mass is 318 g/mol. The van der Waals surface area contributed by atoms with E-state index in [9.17, 15) is 5.11 Å². The predicted molar refractivity (Wildman–Crippen MR) is 88.6 cm³/mol. The van der Waals surface area contributed by atoms with Gasteiger partial charge in [-0.15, -0.1) is 11.3 Å². The van der Waals surface area contributed by atoms with Gasteiger partial charge in [0, 0.05) is 0 Å². The van der Waals surface area contributed by atoms with Crippen molar-refractivity contribution in [3.63, 3.8) is 0 Å². The first-order valence-electron chi connectivity index (χ1n) is 6.59. The van der Waals surface area contributed by atoms with Crippen LogP contribution in [0, 0.1) is 6.92 Å². The topological polar surface area (TPSA) is 29.5 Å². The van der Waals surface area contributed by atoms with Crippen LogP contribution in [0.3, 0.4) is 0 Å². The van der Waals surface area contributed by atoms with Crippen molar-refractivity contribution in [3.05, 3.63) is 62.8 Å². The average Bonchev–Trinajstić information content (AvgIpc) is 2.85. The van der Waals surface area contributed by atoms with Crippen molar-refractivity contribution in [3.8, 4) is 5.75 Å². The molecule has 1 atom stereocenters. The van der Waals surface area contributed by atoms with Gasteiger partial charge in [0.2, 0.25) is 0 Å². The molecule has 1 heterocycles. The van der Waals surface area contributed by atoms with E-state index in [1.54, 1.807) is 7.11 Å². The zero-order chi connectivity index (χ0) is 15.0. The van der Waals surface area contributed by atoms with E-state index < -0.39 is 6.10 Å². The minimum absolute atomic E-state index is 0.655. The van der Waals surface area contributed by atoms with Crippen LogP contribution in [0.1, 0.15) is 22.1 Å². The summed E-state index contributed by atoms with van der Waals surface area (Å²) in [6.07, 6.45) is -0.692. The number of methoxy groups -OCH3 is 1. The number of thiophene rings is 1. The molecule has 0 aliphatic carbocycles. The predicted octanol–water partition coefficient (Wildman–Crippen LogP) is 4.95. The molecule has 3 rings (SSSR count). The van der Waals surface area contributed by atoms with Crippen molar-refractivity contribution in [2.45, 2.75) is 13.0 Å². The zero-order valence-electron chi connectivity index (χ0n) is 11.8. The quantitative estimate of drug-likeness (QED) is 0.740. The van der Waals surface area contributed by atoms with E-state index in [2.05, 4.69) is 0 Å². The molecule has 0 aliphatic rings. The Morgan fingerprint density at radius 1 is 1.14 bits per heavy atom. The third-order valence-electron chi connectivity index (χ3n) is 3.56. The Balaban J connectivity index is 2.02. The Morgan fingerprint density at radius 2 is 1.86 bits per heavy atom. The molecule has 0 amide bonds. The van der Waals surface area contributed by atoms with Crippen molar-refractivity contribution >= 4 is 33.7 Å². The van der Waals surface area contributed by atoms with Gasteiger partial charge in [0.15, 0.2) is 0 Å². The number of benzene rings is 2. The van der Waals surface area contributed by atoms with E-state index in [0.29, 0.717) is 5.02 Å². The van der Waals surface area contributed by atoms with Crippen LogP contribution in [0.25, 0.3) is 10.8 Å². The lowest BCUT2D eigenvalue weighted by Crippen LogP contribution is -1.98. The molecule has 2 nitrogen and oxygen atoms in total. The summed E-state index contributed by atoms with van der Waals surface area (Å²) in [6.45, 7) is 1.95. The minimum atomic E-state index is -0.692. The van der Waals surface area contributed by atoms with Crippen LogP contribution >= 0.6 is 22.9 Å². The van der Waals surface area contributed by atoms with Gasteiger partial charge in [-0.05, 0) is 52.4 Å². The van der Waals surface area contributed by atoms with Gasteiger partial charge in [-0.2, -0.15) is 0 Å². The SMILES string of the molecule is COc1ccc2cc(C(O)c3scc(C)c3Cl)ccc2c1. The van der Waals surface area contributed by atoms with E-state index in [0.717, 1.165) is 32.5 Å². The maximum absolute atomic E-state index is 10.5. The van der Waals surface area contributed by atoms with Crippen LogP contribution in [0.15, 0.2) is 41.8 Å². The summed E-state index contributed by atoms with van der Waals surface area (Å²) >= 11 is 7.73. The number of aliphatic hydroxyl groups is 1. The molecule has 1 aromatic heterocycles. The molecular formula is C17H15ClO2S. The standard InChI is InChI=1S/C17H15ClO2S/c1-10-9-21-17(15(10)18)16(19)13-4-3-12-8-14(20-2)6-5-11(12)7-13/h3-9,16,19H,1-2H3. The summed E-state index contributed by atoms with van der Waals surface area (Å²) in [4.78, 5) is 0.794. The first-order valence-corrected chi connectivity index (χ1v) is 7.85. The highest BCUT2D eigenvalue weighted by atomic mass is 35.5. The average molecular weight is 319 g/mol. The Morgan fingerprint density at radius 3 is 2.52 bits per heavy atom. The summed E-state index contributed by atoms with van der Waals surface area (Å²) in [7, 11) is 1.65. The molecule has 0 fully saturated rings. The summed E-state index contributed by atoms with van der Waals surface area (Å²) in [6, 6.07) is 11.8. The van der Waals surface area contributed by atoms with Gasteiger partial charge in [0.25, 0.3) is 0 Å². The summed E-state index contributed by atoms with van der Waals surface area (Å²) in [5.74, 6) is 0.827. The highest BCUT2D eigenvalue weighted by Crippen LogP contribution is 2.36. The van der Waals surface area contributed by atoms with E-state index in [4.69, 9.17) is 16.3 Å². The molecular weight excluding hydrogens is 304 g/mol. The first-order chi connectivity index (χ1) is 10.1. The fourth-order valence-electron chi connectivity index (χ4n) is 2.32. The second-order valence-corrected chi connectivity index (χ2v) is 6.26. The van der Waals surface area contributed by atoms with E-state index in [1.165, 1.54) is 11.3 Å². The van der Waals surface area contributed by atoms with E-state index >= 15 is 0 Å². The largest absolute Gasteiger partial charge is 0.497 e. The Labute approximate surface area is 132 Å². The first kappa shape index (κ1) is 14.4. The van der Waals surface area contributed by atoms with E-state index in [-0.39, 0.29) is 0 Å². The molecule has 4 heteroatoms. The summed E-state index contributed by atoms with van der Waals surface area (Å²) in [5.41, 5.74) is 1.85. The number of fused-ring (bicyclic) bond motifs is 1. The number of aliphatic hydroxyl groups excluding tert-OH is 1. The number of hydrogen-bond acceptors (Lipinski definition) is 3. The van der Waals surface area contributed by atoms with Gasteiger partial charge in [0.1, 0.15) is 11.9 Å². The van der Waals surface area contributed by atoms with Crippen LogP contribution in [-0.4, -0.2) is 12.2 Å². The minimum Gasteiger partial charge on any atom is -0.497 e.